The first kappa shape index (κ1) is 8.69. The van der Waals surface area contributed by atoms with Crippen LogP contribution in [0.1, 0.15) is 0 Å². The highest BCUT2D eigenvalue weighted by Crippen LogP contribution is 2.22. The number of hydrogen-bond acceptors (Lipinski definition) is 2. The Morgan fingerprint density at radius 1 is 1.00 bits per heavy atom. The smallest absolute Gasteiger partial charge is 0.165 e. The Morgan fingerprint density at radius 3 is 2.43 bits per heavy atom. The molecule has 0 saturated heterocycles. The van der Waals surface area contributed by atoms with Crippen LogP contribution in [0.2, 0.25) is 0 Å². The van der Waals surface area contributed by atoms with Gasteiger partial charge in [0.25, 0.3) is 0 Å². The predicted octanol–water partition coefficient (Wildman–Crippen LogP) is 3.01. The van der Waals surface area contributed by atoms with Crippen molar-refractivity contribution in [1.29, 1.82) is 0 Å². The van der Waals surface area contributed by atoms with E-state index in [0.29, 0.717) is 5.75 Å². The fourth-order valence-electron chi connectivity index (χ4n) is 1.06. The second-order valence-corrected chi connectivity index (χ2v) is 2.72. The van der Waals surface area contributed by atoms with Crippen molar-refractivity contribution in [3.05, 3.63) is 54.6 Å². The third-order valence-corrected chi connectivity index (χ3v) is 1.71. The van der Waals surface area contributed by atoms with E-state index in [1.807, 2.05) is 0 Å². The molecular formula is C11H8FNO. The topological polar surface area (TPSA) is 22.1 Å². The van der Waals surface area contributed by atoms with Crippen LogP contribution in [-0.4, -0.2) is 4.98 Å². The Morgan fingerprint density at radius 2 is 1.71 bits per heavy atom. The molecule has 0 aliphatic carbocycles. The van der Waals surface area contributed by atoms with E-state index in [1.165, 1.54) is 6.07 Å². The molecule has 1 aromatic carbocycles. The maximum Gasteiger partial charge on any atom is 0.165 e. The number of pyridine rings is 1. The monoisotopic (exact) mass is 189 g/mol. The van der Waals surface area contributed by atoms with Crippen LogP contribution < -0.4 is 4.74 Å². The highest BCUT2D eigenvalue weighted by Gasteiger charge is 2.01. The van der Waals surface area contributed by atoms with Gasteiger partial charge in [0, 0.05) is 12.4 Å². The summed E-state index contributed by atoms with van der Waals surface area (Å²) in [6.07, 6.45) is 3.19. The SMILES string of the molecule is Fc1ccccc1Oc1ccncc1. The maximum atomic E-state index is 13.1. The number of ether oxygens (including phenoxy) is 1. The van der Waals surface area contributed by atoms with Gasteiger partial charge in [0.1, 0.15) is 5.75 Å². The molecule has 0 fully saturated rings. The Kier molecular flexibility index (Phi) is 2.40. The first-order valence-corrected chi connectivity index (χ1v) is 4.18. The molecule has 0 aliphatic heterocycles. The second kappa shape index (κ2) is 3.87. The van der Waals surface area contributed by atoms with Gasteiger partial charge in [-0.15, -0.1) is 0 Å². The van der Waals surface area contributed by atoms with E-state index < -0.39 is 0 Å². The number of hydrogen-bond donors (Lipinski definition) is 0. The Balaban J connectivity index is 2.24. The van der Waals surface area contributed by atoms with E-state index in [9.17, 15) is 4.39 Å². The molecule has 14 heavy (non-hydrogen) atoms. The van der Waals surface area contributed by atoms with Crippen LogP contribution in [0.3, 0.4) is 0 Å². The minimum absolute atomic E-state index is 0.221. The van der Waals surface area contributed by atoms with E-state index in [1.54, 1.807) is 42.7 Å². The van der Waals surface area contributed by atoms with Crippen LogP contribution in [0.15, 0.2) is 48.8 Å². The summed E-state index contributed by atoms with van der Waals surface area (Å²) >= 11 is 0. The third kappa shape index (κ3) is 1.88. The van der Waals surface area contributed by atoms with Crippen molar-refractivity contribution in [3.8, 4) is 11.5 Å². The standard InChI is InChI=1S/C11H8FNO/c12-10-3-1-2-4-11(10)14-9-5-7-13-8-6-9/h1-8H. The molecule has 3 heteroatoms. The molecule has 0 unspecified atom stereocenters. The summed E-state index contributed by atoms with van der Waals surface area (Å²) in [5.74, 6) is 0.424. The minimum atomic E-state index is -0.371. The minimum Gasteiger partial charge on any atom is -0.454 e. The molecule has 1 aromatic heterocycles. The van der Waals surface area contributed by atoms with E-state index in [0.717, 1.165) is 0 Å². The van der Waals surface area contributed by atoms with Gasteiger partial charge in [-0.25, -0.2) is 4.39 Å². The van der Waals surface area contributed by atoms with Gasteiger partial charge in [-0.3, -0.25) is 4.98 Å². The molecule has 0 bridgehead atoms. The van der Waals surface area contributed by atoms with Crippen LogP contribution in [0.4, 0.5) is 4.39 Å². The van der Waals surface area contributed by atoms with Gasteiger partial charge in [-0.1, -0.05) is 12.1 Å². The quantitative estimate of drug-likeness (QED) is 0.724. The molecule has 0 atom stereocenters. The van der Waals surface area contributed by atoms with Crippen molar-refractivity contribution in [2.24, 2.45) is 0 Å². The number of rotatable bonds is 2. The van der Waals surface area contributed by atoms with Gasteiger partial charge in [-0.05, 0) is 24.3 Å². The molecule has 0 N–H and O–H groups in total. The molecule has 2 aromatic rings. The summed E-state index contributed by atoms with van der Waals surface area (Å²) < 4.78 is 18.4. The van der Waals surface area contributed by atoms with E-state index in [-0.39, 0.29) is 11.6 Å². The van der Waals surface area contributed by atoms with Crippen LogP contribution >= 0.6 is 0 Å². The zero-order chi connectivity index (χ0) is 9.80. The van der Waals surface area contributed by atoms with E-state index in [2.05, 4.69) is 4.98 Å². The molecule has 0 saturated carbocycles. The van der Waals surface area contributed by atoms with Crippen molar-refractivity contribution < 1.29 is 9.13 Å². The summed E-state index contributed by atoms with van der Waals surface area (Å²) in [5.41, 5.74) is 0. The fraction of sp³-hybridized carbons (Fsp3) is 0. The summed E-state index contributed by atoms with van der Waals surface area (Å²) in [7, 11) is 0. The van der Waals surface area contributed by atoms with Crippen LogP contribution in [-0.2, 0) is 0 Å². The lowest BCUT2D eigenvalue weighted by molar-refractivity contribution is 0.442. The molecule has 0 spiro atoms. The Bertz CT molecular complexity index is 417. The fourth-order valence-corrected chi connectivity index (χ4v) is 1.06. The van der Waals surface area contributed by atoms with Crippen molar-refractivity contribution >= 4 is 0 Å². The Hall–Kier alpha value is -1.90. The molecule has 1 heterocycles. The second-order valence-electron chi connectivity index (χ2n) is 2.72. The molecule has 0 amide bonds. The van der Waals surface area contributed by atoms with Gasteiger partial charge in [0.15, 0.2) is 11.6 Å². The predicted molar refractivity (Wildman–Crippen MR) is 50.7 cm³/mol. The first-order chi connectivity index (χ1) is 6.86. The number of halogens is 1. The summed E-state index contributed by atoms with van der Waals surface area (Å²) in [5, 5.41) is 0. The average molecular weight is 189 g/mol. The van der Waals surface area contributed by atoms with E-state index in [4.69, 9.17) is 4.74 Å². The number of benzene rings is 1. The highest BCUT2D eigenvalue weighted by molar-refractivity contribution is 5.30. The zero-order valence-corrected chi connectivity index (χ0v) is 7.35. The molecule has 2 rings (SSSR count). The zero-order valence-electron chi connectivity index (χ0n) is 7.35. The number of aromatic nitrogens is 1. The van der Waals surface area contributed by atoms with Crippen molar-refractivity contribution in [3.63, 3.8) is 0 Å². The van der Waals surface area contributed by atoms with Gasteiger partial charge in [0.2, 0.25) is 0 Å². The normalized spacial score (nSPS) is 9.79. The van der Waals surface area contributed by atoms with Crippen LogP contribution in [0.5, 0.6) is 11.5 Å². The van der Waals surface area contributed by atoms with Gasteiger partial charge < -0.3 is 4.74 Å². The van der Waals surface area contributed by atoms with E-state index >= 15 is 0 Å². The molecule has 70 valence electrons. The number of nitrogens with zero attached hydrogens (tertiary/aromatic N) is 1. The lowest BCUT2D eigenvalue weighted by Crippen LogP contribution is -1.87. The molecule has 0 radical (unpaired) electrons. The summed E-state index contributed by atoms with van der Waals surface area (Å²) in [6, 6.07) is 9.62. The van der Waals surface area contributed by atoms with Gasteiger partial charge >= 0.3 is 0 Å². The average Bonchev–Trinajstić information content (AvgIpc) is 2.23. The Labute approximate surface area is 81.0 Å². The first-order valence-electron chi connectivity index (χ1n) is 4.18. The third-order valence-electron chi connectivity index (χ3n) is 1.71. The lowest BCUT2D eigenvalue weighted by atomic mass is 10.3. The van der Waals surface area contributed by atoms with Crippen LogP contribution in [0, 0.1) is 5.82 Å². The maximum absolute atomic E-state index is 13.1. The molecule has 0 aliphatic rings. The molecule has 2 nitrogen and oxygen atoms in total. The lowest BCUT2D eigenvalue weighted by Gasteiger charge is -2.04. The highest BCUT2D eigenvalue weighted by atomic mass is 19.1. The molecular weight excluding hydrogens is 181 g/mol. The summed E-state index contributed by atoms with van der Waals surface area (Å²) in [4.78, 5) is 3.84. The van der Waals surface area contributed by atoms with Crippen LogP contribution in [0.25, 0.3) is 0 Å². The van der Waals surface area contributed by atoms with Gasteiger partial charge in [-0.2, -0.15) is 0 Å². The van der Waals surface area contributed by atoms with Crippen molar-refractivity contribution in [1.82, 2.24) is 4.98 Å². The largest absolute Gasteiger partial charge is 0.454 e. The van der Waals surface area contributed by atoms with Crippen molar-refractivity contribution in [2.75, 3.05) is 0 Å². The number of para-hydroxylation sites is 1. The van der Waals surface area contributed by atoms with Crippen molar-refractivity contribution in [2.45, 2.75) is 0 Å². The van der Waals surface area contributed by atoms with Gasteiger partial charge in [0.05, 0.1) is 0 Å². The summed E-state index contributed by atoms with van der Waals surface area (Å²) in [6.45, 7) is 0.